The number of fused-ring (bicyclic) bond motifs is 1. The van der Waals surface area contributed by atoms with Gasteiger partial charge in [0.25, 0.3) is 5.89 Å². The Morgan fingerprint density at radius 1 is 1.35 bits per heavy atom. The van der Waals surface area contributed by atoms with Crippen LogP contribution in [0.3, 0.4) is 0 Å². The average molecular weight is 396 g/mol. The Kier molecular flexibility index (Phi) is 6.20. The fourth-order valence-electron chi connectivity index (χ4n) is 2.32. The number of halogens is 1. The highest BCUT2D eigenvalue weighted by Gasteiger charge is 2.30. The number of amides is 2. The molecule has 1 heterocycles. The second kappa shape index (κ2) is 8.01. The van der Waals surface area contributed by atoms with E-state index in [9.17, 15) is 14.4 Å². The van der Waals surface area contributed by atoms with E-state index in [0.717, 1.165) is 0 Å². The Hall–Kier alpha value is -2.19. The van der Waals surface area contributed by atoms with Gasteiger partial charge in [-0.05, 0) is 30.7 Å². The van der Waals surface area contributed by atoms with Gasteiger partial charge in [-0.3, -0.25) is 14.4 Å². The van der Waals surface area contributed by atoms with Crippen molar-refractivity contribution in [2.45, 2.75) is 44.9 Å². The second-order valence-electron chi connectivity index (χ2n) is 6.77. The van der Waals surface area contributed by atoms with Crippen molar-refractivity contribution >= 4 is 48.0 Å². The van der Waals surface area contributed by atoms with Crippen molar-refractivity contribution in [1.29, 1.82) is 0 Å². The summed E-state index contributed by atoms with van der Waals surface area (Å²) in [4.78, 5) is 40.3. The number of nitrogens with one attached hydrogen (secondary N) is 1. The first-order valence-electron chi connectivity index (χ1n) is 8.33. The number of hydrogen-bond donors (Lipinski definition) is 2. The molecular formula is C17H22ClN3O4Si. The highest BCUT2D eigenvalue weighted by molar-refractivity contribution is 7.04. The van der Waals surface area contributed by atoms with Gasteiger partial charge in [0.15, 0.2) is 19.2 Å². The summed E-state index contributed by atoms with van der Waals surface area (Å²) in [5.41, 5.74) is 5.96. The van der Waals surface area contributed by atoms with E-state index in [2.05, 4.69) is 10.3 Å². The second-order valence-corrected chi connectivity index (χ2v) is 12.0. The number of Topliss-reactive ketones (excluding diaryl/α,β-unsaturated/α-hetero) is 1. The molecule has 0 saturated carbocycles. The molecule has 7 nitrogen and oxygen atoms in total. The standard InChI is InChI=1S/C17H22ClN3O4Si/c1-4-11(20-14(22)7-8-26(2,3)17(19)24)15(23)16-21-12-9-10(18)5-6-13(12)25-16/h5-6,9,11H,4,7-8H2,1-3H3,(H2,19,24)(H,20,22)/t11-/m1/s1. The number of nitrogens with zero attached hydrogens (tertiary/aromatic N) is 1. The smallest absolute Gasteiger partial charge is 0.266 e. The number of nitrogens with two attached hydrogens (primary N) is 1. The molecule has 0 aliphatic carbocycles. The van der Waals surface area contributed by atoms with Crippen LogP contribution in [0.25, 0.3) is 11.1 Å². The maximum Gasteiger partial charge on any atom is 0.266 e. The number of carbonyl (C=O) groups is 3. The van der Waals surface area contributed by atoms with E-state index >= 15 is 0 Å². The molecule has 0 bridgehead atoms. The molecule has 2 aromatic rings. The number of carbonyl (C=O) groups excluding carboxylic acids is 3. The van der Waals surface area contributed by atoms with Crippen LogP contribution in [-0.4, -0.2) is 36.3 Å². The SMILES string of the molecule is CC[C@@H](NC(=O)CC[Si](C)(C)C(N)=O)C(=O)c1nc2cc(Cl)ccc2o1. The van der Waals surface area contributed by atoms with Crippen LogP contribution in [0.4, 0.5) is 4.79 Å². The van der Waals surface area contributed by atoms with Crippen LogP contribution in [-0.2, 0) is 4.79 Å². The number of ketones is 1. The van der Waals surface area contributed by atoms with Gasteiger partial charge >= 0.3 is 0 Å². The van der Waals surface area contributed by atoms with Crippen molar-refractivity contribution in [1.82, 2.24) is 10.3 Å². The zero-order valence-electron chi connectivity index (χ0n) is 15.0. The number of aromatic nitrogens is 1. The van der Waals surface area contributed by atoms with E-state index in [-0.39, 0.29) is 23.7 Å². The number of hydrogen-bond acceptors (Lipinski definition) is 5. The summed E-state index contributed by atoms with van der Waals surface area (Å²) in [5.74, 6) is -0.771. The summed E-state index contributed by atoms with van der Waals surface area (Å²) in [6.07, 6.45) is 0.538. The molecule has 26 heavy (non-hydrogen) atoms. The molecule has 0 unspecified atom stereocenters. The van der Waals surface area contributed by atoms with Crippen LogP contribution in [0.5, 0.6) is 0 Å². The largest absolute Gasteiger partial charge is 0.434 e. The van der Waals surface area contributed by atoms with Gasteiger partial charge < -0.3 is 15.5 Å². The molecule has 1 atom stereocenters. The summed E-state index contributed by atoms with van der Waals surface area (Å²) >= 11 is 5.91. The van der Waals surface area contributed by atoms with Crippen LogP contribution in [0.1, 0.15) is 30.5 Å². The Bertz CT molecular complexity index is 850. The fraction of sp³-hybridized carbons (Fsp3) is 0.412. The molecule has 2 rings (SSSR count). The van der Waals surface area contributed by atoms with Crippen LogP contribution < -0.4 is 11.1 Å². The predicted octanol–water partition coefficient (Wildman–Crippen LogP) is 3.32. The summed E-state index contributed by atoms with van der Waals surface area (Å²) in [7, 11) is -2.27. The van der Waals surface area contributed by atoms with Gasteiger partial charge in [-0.15, -0.1) is 0 Å². The molecule has 0 spiro atoms. The summed E-state index contributed by atoms with van der Waals surface area (Å²) < 4.78 is 5.47. The molecule has 3 N–H and O–H groups in total. The number of oxazole rings is 1. The molecule has 1 aromatic carbocycles. The van der Waals surface area contributed by atoms with Crippen molar-refractivity contribution in [3.63, 3.8) is 0 Å². The van der Waals surface area contributed by atoms with Gasteiger partial charge in [-0.1, -0.05) is 31.6 Å². The molecular weight excluding hydrogens is 374 g/mol. The minimum absolute atomic E-state index is 0.0683. The van der Waals surface area contributed by atoms with E-state index in [1.165, 1.54) is 0 Å². The quantitative estimate of drug-likeness (QED) is 0.525. The first-order valence-corrected chi connectivity index (χ1v) is 11.9. The first kappa shape index (κ1) is 20.1. The zero-order chi connectivity index (χ0) is 19.5. The highest BCUT2D eigenvalue weighted by Crippen LogP contribution is 2.21. The maximum absolute atomic E-state index is 12.6. The number of rotatable bonds is 8. The molecule has 2 amide bonds. The van der Waals surface area contributed by atoms with Crippen LogP contribution in [0.2, 0.25) is 24.2 Å². The Balaban J connectivity index is 2.05. The number of primary amides is 1. The minimum atomic E-state index is -2.27. The molecule has 0 radical (unpaired) electrons. The zero-order valence-corrected chi connectivity index (χ0v) is 16.7. The molecule has 140 valence electrons. The van der Waals surface area contributed by atoms with Crippen LogP contribution in [0.15, 0.2) is 22.6 Å². The lowest BCUT2D eigenvalue weighted by Gasteiger charge is -2.18. The van der Waals surface area contributed by atoms with Crippen molar-refractivity contribution in [3.8, 4) is 0 Å². The van der Waals surface area contributed by atoms with Gasteiger partial charge in [-0.25, -0.2) is 4.98 Å². The Labute approximate surface area is 157 Å². The predicted molar refractivity (Wildman–Crippen MR) is 102 cm³/mol. The minimum Gasteiger partial charge on any atom is -0.434 e. The highest BCUT2D eigenvalue weighted by atomic mass is 35.5. The third-order valence-electron chi connectivity index (χ3n) is 4.26. The third-order valence-corrected chi connectivity index (χ3v) is 7.33. The van der Waals surface area contributed by atoms with E-state index in [1.54, 1.807) is 25.1 Å². The van der Waals surface area contributed by atoms with Crippen molar-refractivity contribution in [2.75, 3.05) is 0 Å². The average Bonchev–Trinajstić information content (AvgIpc) is 3.00. The third kappa shape index (κ3) is 4.70. The molecule has 0 fully saturated rings. The lowest BCUT2D eigenvalue weighted by molar-refractivity contribution is -0.121. The monoisotopic (exact) mass is 395 g/mol. The summed E-state index contributed by atoms with van der Waals surface area (Å²) in [6.45, 7) is 5.41. The summed E-state index contributed by atoms with van der Waals surface area (Å²) in [5, 5.41) is 3.18. The van der Waals surface area contributed by atoms with E-state index in [4.69, 9.17) is 21.8 Å². The van der Waals surface area contributed by atoms with Gasteiger partial charge in [0.2, 0.25) is 11.7 Å². The molecule has 0 aliphatic heterocycles. The maximum atomic E-state index is 12.6. The molecule has 0 aliphatic rings. The lowest BCUT2D eigenvalue weighted by atomic mass is 10.1. The van der Waals surface area contributed by atoms with E-state index < -0.39 is 19.9 Å². The van der Waals surface area contributed by atoms with Gasteiger partial charge in [-0.2, -0.15) is 0 Å². The Morgan fingerprint density at radius 2 is 2.04 bits per heavy atom. The lowest BCUT2D eigenvalue weighted by Crippen LogP contribution is -2.44. The van der Waals surface area contributed by atoms with Gasteiger partial charge in [0.1, 0.15) is 5.52 Å². The first-order chi connectivity index (χ1) is 12.1. The van der Waals surface area contributed by atoms with Crippen molar-refractivity contribution in [3.05, 3.63) is 29.1 Å². The van der Waals surface area contributed by atoms with E-state index in [1.807, 2.05) is 13.1 Å². The normalized spacial score (nSPS) is 12.8. The molecule has 9 heteroatoms. The fourth-order valence-corrected chi connectivity index (χ4v) is 3.59. The summed E-state index contributed by atoms with van der Waals surface area (Å²) in [6, 6.07) is 4.57. The van der Waals surface area contributed by atoms with Crippen molar-refractivity contribution in [2.24, 2.45) is 5.73 Å². The Morgan fingerprint density at radius 3 is 2.65 bits per heavy atom. The molecule has 1 aromatic heterocycles. The van der Waals surface area contributed by atoms with Gasteiger partial charge in [0.05, 0.1) is 6.04 Å². The molecule has 0 saturated heterocycles. The van der Waals surface area contributed by atoms with Gasteiger partial charge in [0, 0.05) is 11.4 Å². The van der Waals surface area contributed by atoms with Crippen LogP contribution >= 0.6 is 11.6 Å². The van der Waals surface area contributed by atoms with Crippen molar-refractivity contribution < 1.29 is 18.8 Å². The van der Waals surface area contributed by atoms with E-state index in [0.29, 0.717) is 28.6 Å². The number of benzene rings is 1. The topological polar surface area (TPSA) is 115 Å². The van der Waals surface area contributed by atoms with Crippen LogP contribution in [0, 0.1) is 0 Å².